The van der Waals surface area contributed by atoms with Crippen molar-refractivity contribution >= 4 is 34.6 Å². The van der Waals surface area contributed by atoms with E-state index >= 15 is 0 Å². The Morgan fingerprint density at radius 1 is 0.895 bits per heavy atom. The van der Waals surface area contributed by atoms with Gasteiger partial charge >= 0.3 is 0 Å². The minimum atomic E-state index is 0.937. The molecule has 0 unspecified atom stereocenters. The first kappa shape index (κ1) is 16.3. The standard InChI is InChI=1S/C13H16N2S2.C2H6/c1-9-4-5-10-11(6-9)15-13(8-17-3)12(14-10)7-16-2;1-2/h4-6H,7-8H2,1-3H3;1-2H3. The Balaban J connectivity index is 0.000000861. The van der Waals surface area contributed by atoms with Crippen molar-refractivity contribution in [1.29, 1.82) is 0 Å². The van der Waals surface area contributed by atoms with E-state index in [2.05, 4.69) is 37.6 Å². The molecule has 104 valence electrons. The molecule has 0 amide bonds. The van der Waals surface area contributed by atoms with Crippen LogP contribution in [0.5, 0.6) is 0 Å². The van der Waals surface area contributed by atoms with Gasteiger partial charge in [0.25, 0.3) is 0 Å². The van der Waals surface area contributed by atoms with E-state index in [1.165, 1.54) is 5.56 Å². The summed E-state index contributed by atoms with van der Waals surface area (Å²) in [6, 6.07) is 6.26. The van der Waals surface area contributed by atoms with Crippen LogP contribution < -0.4 is 0 Å². The highest BCUT2D eigenvalue weighted by molar-refractivity contribution is 7.98. The molecule has 4 heteroatoms. The number of nitrogens with zero attached hydrogens (tertiary/aromatic N) is 2. The highest BCUT2D eigenvalue weighted by Crippen LogP contribution is 2.20. The molecule has 1 heterocycles. The molecule has 2 nitrogen and oxygen atoms in total. The van der Waals surface area contributed by atoms with Crippen LogP contribution >= 0.6 is 23.5 Å². The summed E-state index contributed by atoms with van der Waals surface area (Å²) in [6.45, 7) is 6.09. The highest BCUT2D eigenvalue weighted by Gasteiger charge is 2.08. The Labute approximate surface area is 124 Å². The number of benzene rings is 1. The van der Waals surface area contributed by atoms with E-state index in [-0.39, 0.29) is 0 Å². The number of hydrogen-bond donors (Lipinski definition) is 0. The van der Waals surface area contributed by atoms with Crippen molar-refractivity contribution in [1.82, 2.24) is 9.97 Å². The zero-order valence-electron chi connectivity index (χ0n) is 12.4. The third-order valence-electron chi connectivity index (χ3n) is 2.54. The third-order valence-corrected chi connectivity index (χ3v) is 3.66. The van der Waals surface area contributed by atoms with Gasteiger partial charge in [0.1, 0.15) is 0 Å². The monoisotopic (exact) mass is 294 g/mol. The second-order valence-electron chi connectivity index (χ2n) is 3.98. The lowest BCUT2D eigenvalue weighted by Gasteiger charge is -2.08. The van der Waals surface area contributed by atoms with Crippen molar-refractivity contribution < 1.29 is 0 Å². The average molecular weight is 294 g/mol. The highest BCUT2D eigenvalue weighted by atomic mass is 32.2. The van der Waals surface area contributed by atoms with Crippen molar-refractivity contribution in [2.45, 2.75) is 32.3 Å². The molecule has 0 fully saturated rings. The van der Waals surface area contributed by atoms with Crippen molar-refractivity contribution in [2.75, 3.05) is 12.5 Å². The van der Waals surface area contributed by atoms with E-state index in [9.17, 15) is 0 Å². The van der Waals surface area contributed by atoms with Crippen LogP contribution in [0, 0.1) is 6.92 Å². The van der Waals surface area contributed by atoms with Gasteiger partial charge in [-0.2, -0.15) is 23.5 Å². The van der Waals surface area contributed by atoms with Crippen LogP contribution in [0.25, 0.3) is 11.0 Å². The summed E-state index contributed by atoms with van der Waals surface area (Å²) in [7, 11) is 0. The summed E-state index contributed by atoms with van der Waals surface area (Å²) < 4.78 is 0. The summed E-state index contributed by atoms with van der Waals surface area (Å²) in [5.74, 6) is 1.87. The Kier molecular flexibility index (Phi) is 7.24. The van der Waals surface area contributed by atoms with Crippen molar-refractivity contribution in [3.63, 3.8) is 0 Å². The molecular formula is C15H22N2S2. The van der Waals surface area contributed by atoms with Gasteiger partial charge in [-0.05, 0) is 37.1 Å². The molecule has 1 aromatic heterocycles. The fourth-order valence-electron chi connectivity index (χ4n) is 1.74. The SMILES string of the molecule is CC.CSCc1nc2ccc(C)cc2nc1CSC. The van der Waals surface area contributed by atoms with Gasteiger partial charge in [0, 0.05) is 11.5 Å². The third kappa shape index (κ3) is 4.39. The Hall–Kier alpha value is -0.740. The predicted molar refractivity (Wildman–Crippen MR) is 90.1 cm³/mol. The van der Waals surface area contributed by atoms with Crippen LogP contribution in [0.15, 0.2) is 18.2 Å². The van der Waals surface area contributed by atoms with Crippen LogP contribution in [0.3, 0.4) is 0 Å². The van der Waals surface area contributed by atoms with Gasteiger partial charge in [-0.15, -0.1) is 0 Å². The minimum absolute atomic E-state index is 0.937. The quantitative estimate of drug-likeness (QED) is 0.817. The van der Waals surface area contributed by atoms with Gasteiger partial charge in [0.05, 0.1) is 22.4 Å². The average Bonchev–Trinajstić information content (AvgIpc) is 2.42. The fraction of sp³-hybridized carbons (Fsp3) is 0.467. The summed E-state index contributed by atoms with van der Waals surface area (Å²) >= 11 is 3.59. The molecule has 0 spiro atoms. The van der Waals surface area contributed by atoms with Crippen molar-refractivity contribution in [2.24, 2.45) is 0 Å². The maximum Gasteiger partial charge on any atom is 0.0893 e. The smallest absolute Gasteiger partial charge is 0.0893 e. The van der Waals surface area contributed by atoms with Crippen LogP contribution in [0.2, 0.25) is 0 Å². The summed E-state index contributed by atoms with van der Waals surface area (Å²) in [5.41, 5.74) is 5.51. The topological polar surface area (TPSA) is 25.8 Å². The summed E-state index contributed by atoms with van der Waals surface area (Å²) in [5, 5.41) is 0. The normalized spacial score (nSPS) is 10.2. The number of rotatable bonds is 4. The maximum atomic E-state index is 4.75. The van der Waals surface area contributed by atoms with E-state index in [1.807, 2.05) is 13.8 Å². The van der Waals surface area contributed by atoms with Gasteiger partial charge < -0.3 is 0 Å². The zero-order valence-corrected chi connectivity index (χ0v) is 14.0. The molecule has 1 aromatic carbocycles. The molecule has 0 aliphatic rings. The number of fused-ring (bicyclic) bond motifs is 1. The molecule has 2 rings (SSSR count). The summed E-state index contributed by atoms with van der Waals surface area (Å²) in [4.78, 5) is 9.48. The second kappa shape index (κ2) is 8.43. The van der Waals surface area contributed by atoms with Crippen LogP contribution in [-0.2, 0) is 11.5 Å². The molecule has 0 aliphatic carbocycles. The van der Waals surface area contributed by atoms with E-state index in [0.29, 0.717) is 0 Å². The Morgan fingerprint density at radius 2 is 1.42 bits per heavy atom. The van der Waals surface area contributed by atoms with Gasteiger partial charge in [-0.3, -0.25) is 0 Å². The van der Waals surface area contributed by atoms with E-state index in [4.69, 9.17) is 9.97 Å². The lowest BCUT2D eigenvalue weighted by atomic mass is 10.2. The summed E-state index contributed by atoms with van der Waals surface area (Å²) in [6.07, 6.45) is 4.20. The largest absolute Gasteiger partial charge is 0.248 e. The van der Waals surface area contributed by atoms with Gasteiger partial charge in [-0.25, -0.2) is 9.97 Å². The zero-order chi connectivity index (χ0) is 14.3. The molecule has 0 radical (unpaired) electrons. The lowest BCUT2D eigenvalue weighted by molar-refractivity contribution is 1.07. The Morgan fingerprint density at radius 3 is 1.95 bits per heavy atom. The minimum Gasteiger partial charge on any atom is -0.248 e. The molecule has 0 saturated carbocycles. The van der Waals surface area contributed by atoms with Crippen molar-refractivity contribution in [3.8, 4) is 0 Å². The fourth-order valence-corrected chi connectivity index (χ4v) is 2.75. The maximum absolute atomic E-state index is 4.75. The van der Waals surface area contributed by atoms with Gasteiger partial charge in [0.2, 0.25) is 0 Å². The first-order valence-corrected chi connectivity index (χ1v) is 9.27. The molecule has 0 atom stereocenters. The van der Waals surface area contributed by atoms with Gasteiger partial charge in [-0.1, -0.05) is 19.9 Å². The number of aromatic nitrogens is 2. The van der Waals surface area contributed by atoms with Crippen LogP contribution in [0.1, 0.15) is 30.8 Å². The first-order valence-electron chi connectivity index (χ1n) is 6.48. The van der Waals surface area contributed by atoms with Crippen molar-refractivity contribution in [3.05, 3.63) is 35.2 Å². The lowest BCUT2D eigenvalue weighted by Crippen LogP contribution is -2.00. The molecule has 0 N–H and O–H groups in total. The second-order valence-corrected chi connectivity index (χ2v) is 5.71. The van der Waals surface area contributed by atoms with E-state index in [0.717, 1.165) is 33.9 Å². The molecule has 0 bridgehead atoms. The first-order chi connectivity index (χ1) is 9.24. The van der Waals surface area contributed by atoms with Gasteiger partial charge in [0.15, 0.2) is 0 Å². The Bertz CT molecular complexity index is 527. The molecular weight excluding hydrogens is 272 g/mol. The predicted octanol–water partition coefficient (Wildman–Crippen LogP) is 4.69. The molecule has 2 aromatic rings. The number of aryl methyl sites for hydroxylation is 1. The molecule has 19 heavy (non-hydrogen) atoms. The van der Waals surface area contributed by atoms with E-state index < -0.39 is 0 Å². The number of thioether (sulfide) groups is 2. The van der Waals surface area contributed by atoms with Crippen LogP contribution in [-0.4, -0.2) is 22.5 Å². The van der Waals surface area contributed by atoms with Crippen LogP contribution in [0.4, 0.5) is 0 Å². The molecule has 0 aliphatic heterocycles. The molecule has 0 saturated heterocycles. The number of hydrogen-bond acceptors (Lipinski definition) is 4. The van der Waals surface area contributed by atoms with E-state index in [1.54, 1.807) is 23.5 Å².